The number of nitrogens with one attached hydrogen (secondary N) is 1. The van der Waals surface area contributed by atoms with Crippen molar-refractivity contribution in [1.82, 2.24) is 0 Å². The molecule has 0 saturated carbocycles. The Morgan fingerprint density at radius 1 is 1.00 bits per heavy atom. The third kappa shape index (κ3) is 3.57. The maximum Gasteiger partial charge on any atom is 0.265 e. The molecule has 0 heterocycles. The van der Waals surface area contributed by atoms with Gasteiger partial charge in [0.15, 0.2) is 6.10 Å². The molecule has 3 heteroatoms. The summed E-state index contributed by atoms with van der Waals surface area (Å²) < 4.78 is 5.85. The van der Waals surface area contributed by atoms with E-state index in [1.165, 1.54) is 0 Å². The fourth-order valence-corrected chi connectivity index (χ4v) is 2.65. The third-order valence-corrected chi connectivity index (χ3v) is 4.01. The molecular weight excluding hydrogens is 298 g/mol. The average Bonchev–Trinajstić information content (AvgIpc) is 2.61. The SMILES string of the molecule is CCC(Oc1ccc(C)cc1)C(=O)Nc1cccc2ccccc12. The molecule has 1 N–H and O–H groups in total. The summed E-state index contributed by atoms with van der Waals surface area (Å²) in [7, 11) is 0. The first-order valence-electron chi connectivity index (χ1n) is 8.19. The van der Waals surface area contributed by atoms with E-state index in [9.17, 15) is 4.79 Å². The number of carbonyl (C=O) groups excluding carboxylic acids is 1. The minimum Gasteiger partial charge on any atom is -0.481 e. The summed E-state index contributed by atoms with van der Waals surface area (Å²) in [5.74, 6) is 0.579. The third-order valence-electron chi connectivity index (χ3n) is 4.01. The molecule has 122 valence electrons. The second-order valence-electron chi connectivity index (χ2n) is 5.84. The molecule has 3 rings (SSSR count). The van der Waals surface area contributed by atoms with E-state index in [4.69, 9.17) is 4.74 Å². The second kappa shape index (κ2) is 7.18. The van der Waals surface area contributed by atoms with Gasteiger partial charge in [0.1, 0.15) is 5.75 Å². The summed E-state index contributed by atoms with van der Waals surface area (Å²) >= 11 is 0. The molecule has 0 spiro atoms. The largest absolute Gasteiger partial charge is 0.481 e. The van der Waals surface area contributed by atoms with Gasteiger partial charge in [0.25, 0.3) is 5.91 Å². The lowest BCUT2D eigenvalue weighted by atomic mass is 10.1. The Balaban J connectivity index is 1.77. The van der Waals surface area contributed by atoms with Gasteiger partial charge in [-0.1, -0.05) is 61.0 Å². The lowest BCUT2D eigenvalue weighted by Gasteiger charge is -2.18. The second-order valence-corrected chi connectivity index (χ2v) is 5.84. The molecule has 1 unspecified atom stereocenters. The van der Waals surface area contributed by atoms with E-state index >= 15 is 0 Å². The number of aryl methyl sites for hydroxylation is 1. The van der Waals surface area contributed by atoms with Gasteiger partial charge in [0.2, 0.25) is 0 Å². The van der Waals surface area contributed by atoms with Crippen molar-refractivity contribution in [1.29, 1.82) is 0 Å². The van der Waals surface area contributed by atoms with Crippen LogP contribution < -0.4 is 10.1 Å². The van der Waals surface area contributed by atoms with E-state index in [1.54, 1.807) is 0 Å². The van der Waals surface area contributed by atoms with Crippen LogP contribution >= 0.6 is 0 Å². The van der Waals surface area contributed by atoms with E-state index in [-0.39, 0.29) is 5.91 Å². The molecule has 0 aliphatic rings. The van der Waals surface area contributed by atoms with Crippen LogP contribution in [0.1, 0.15) is 18.9 Å². The van der Waals surface area contributed by atoms with E-state index < -0.39 is 6.10 Å². The number of anilines is 1. The lowest BCUT2D eigenvalue weighted by molar-refractivity contribution is -0.122. The van der Waals surface area contributed by atoms with Crippen LogP contribution in [-0.2, 0) is 4.79 Å². The molecule has 0 saturated heterocycles. The van der Waals surface area contributed by atoms with E-state index in [2.05, 4.69) is 5.32 Å². The highest BCUT2D eigenvalue weighted by Crippen LogP contribution is 2.23. The van der Waals surface area contributed by atoms with Crippen LogP contribution in [0.2, 0.25) is 0 Å². The standard InChI is InChI=1S/C21H21NO2/c1-3-20(24-17-13-11-15(2)12-14-17)21(23)22-19-10-6-8-16-7-4-5-9-18(16)19/h4-14,20H,3H2,1-2H3,(H,22,23). The number of amides is 1. The lowest BCUT2D eigenvalue weighted by Crippen LogP contribution is -2.32. The van der Waals surface area contributed by atoms with E-state index in [0.29, 0.717) is 12.2 Å². The van der Waals surface area contributed by atoms with Crippen molar-refractivity contribution in [3.8, 4) is 5.75 Å². The maximum atomic E-state index is 12.6. The average molecular weight is 319 g/mol. The number of benzene rings is 3. The summed E-state index contributed by atoms with van der Waals surface area (Å²) in [5.41, 5.74) is 1.97. The Morgan fingerprint density at radius 2 is 1.71 bits per heavy atom. The first kappa shape index (κ1) is 16.1. The highest BCUT2D eigenvalue weighted by molar-refractivity contribution is 6.03. The number of ether oxygens (including phenoxy) is 1. The molecule has 1 atom stereocenters. The summed E-state index contributed by atoms with van der Waals surface area (Å²) in [4.78, 5) is 12.6. The normalized spacial score (nSPS) is 11.9. The first-order chi connectivity index (χ1) is 11.7. The van der Waals surface area contributed by atoms with Crippen molar-refractivity contribution in [2.75, 3.05) is 5.32 Å². The molecule has 0 aromatic heterocycles. The molecule has 3 nitrogen and oxygen atoms in total. The van der Waals surface area contributed by atoms with Crippen molar-refractivity contribution < 1.29 is 9.53 Å². The van der Waals surface area contributed by atoms with Gasteiger partial charge in [-0.3, -0.25) is 4.79 Å². The Bertz CT molecular complexity index is 835. The van der Waals surface area contributed by atoms with E-state index in [0.717, 1.165) is 22.0 Å². The molecule has 0 aliphatic carbocycles. The quantitative estimate of drug-likeness (QED) is 0.723. The Kier molecular flexibility index (Phi) is 4.80. The summed E-state index contributed by atoms with van der Waals surface area (Å²) in [6.45, 7) is 3.97. The van der Waals surface area contributed by atoms with Crippen LogP contribution in [-0.4, -0.2) is 12.0 Å². The highest BCUT2D eigenvalue weighted by atomic mass is 16.5. The minimum absolute atomic E-state index is 0.130. The van der Waals surface area contributed by atoms with Gasteiger partial charge < -0.3 is 10.1 Å². The molecule has 1 amide bonds. The van der Waals surface area contributed by atoms with Crippen LogP contribution in [0.4, 0.5) is 5.69 Å². The Hall–Kier alpha value is -2.81. The van der Waals surface area contributed by atoms with Crippen molar-refractivity contribution in [3.63, 3.8) is 0 Å². The zero-order chi connectivity index (χ0) is 16.9. The van der Waals surface area contributed by atoms with Crippen LogP contribution in [0.25, 0.3) is 10.8 Å². The first-order valence-corrected chi connectivity index (χ1v) is 8.19. The van der Waals surface area contributed by atoms with Crippen molar-refractivity contribution in [2.24, 2.45) is 0 Å². The smallest absolute Gasteiger partial charge is 0.265 e. The van der Waals surface area contributed by atoms with Gasteiger partial charge in [-0.2, -0.15) is 0 Å². The molecule has 3 aromatic carbocycles. The summed E-state index contributed by atoms with van der Waals surface area (Å²) in [5, 5.41) is 5.13. The predicted octanol–water partition coefficient (Wildman–Crippen LogP) is 4.94. The van der Waals surface area contributed by atoms with Gasteiger partial charge >= 0.3 is 0 Å². The molecule has 0 fully saturated rings. The summed E-state index contributed by atoms with van der Waals surface area (Å²) in [6.07, 6.45) is 0.0801. The number of rotatable bonds is 5. The Morgan fingerprint density at radius 3 is 2.46 bits per heavy atom. The fraction of sp³-hybridized carbons (Fsp3) is 0.190. The van der Waals surface area contributed by atoms with Gasteiger partial charge in [-0.15, -0.1) is 0 Å². The van der Waals surface area contributed by atoms with Crippen LogP contribution in [0.15, 0.2) is 66.7 Å². The van der Waals surface area contributed by atoms with Gasteiger partial charge in [-0.25, -0.2) is 0 Å². The zero-order valence-electron chi connectivity index (χ0n) is 14.0. The Labute approximate surface area is 142 Å². The van der Waals surface area contributed by atoms with Crippen LogP contribution in [0.3, 0.4) is 0 Å². The maximum absolute atomic E-state index is 12.6. The van der Waals surface area contributed by atoms with Crippen molar-refractivity contribution in [3.05, 3.63) is 72.3 Å². The minimum atomic E-state index is -0.522. The molecule has 0 radical (unpaired) electrons. The highest BCUT2D eigenvalue weighted by Gasteiger charge is 2.19. The van der Waals surface area contributed by atoms with Gasteiger partial charge in [0, 0.05) is 11.1 Å². The van der Waals surface area contributed by atoms with Gasteiger partial charge in [0.05, 0.1) is 0 Å². The number of carbonyl (C=O) groups is 1. The topological polar surface area (TPSA) is 38.3 Å². The number of hydrogen-bond donors (Lipinski definition) is 1. The van der Waals surface area contributed by atoms with E-state index in [1.807, 2.05) is 80.6 Å². The zero-order valence-corrected chi connectivity index (χ0v) is 14.0. The molecule has 24 heavy (non-hydrogen) atoms. The molecular formula is C21H21NO2. The van der Waals surface area contributed by atoms with Crippen molar-refractivity contribution in [2.45, 2.75) is 26.4 Å². The fourth-order valence-electron chi connectivity index (χ4n) is 2.65. The monoisotopic (exact) mass is 319 g/mol. The van der Waals surface area contributed by atoms with Crippen LogP contribution in [0, 0.1) is 6.92 Å². The van der Waals surface area contributed by atoms with Crippen molar-refractivity contribution >= 4 is 22.4 Å². The number of hydrogen-bond acceptors (Lipinski definition) is 2. The van der Waals surface area contributed by atoms with Gasteiger partial charge in [-0.05, 0) is 36.9 Å². The van der Waals surface area contributed by atoms with Crippen LogP contribution in [0.5, 0.6) is 5.75 Å². The molecule has 0 aliphatic heterocycles. The summed E-state index contributed by atoms with van der Waals surface area (Å²) in [6, 6.07) is 21.6. The molecule has 3 aromatic rings. The predicted molar refractivity (Wildman–Crippen MR) is 98.5 cm³/mol. The molecule has 0 bridgehead atoms. The number of fused-ring (bicyclic) bond motifs is 1.